The van der Waals surface area contributed by atoms with E-state index in [0.717, 1.165) is 61.9 Å². The number of aldehydes is 1. The number of hydrogen-bond acceptors (Lipinski definition) is 6. The number of aryl methyl sites for hydroxylation is 1. The van der Waals surface area contributed by atoms with Gasteiger partial charge in [-0.1, -0.05) is 11.6 Å². The topological polar surface area (TPSA) is 92.6 Å². The van der Waals surface area contributed by atoms with Gasteiger partial charge >= 0.3 is 5.97 Å². The summed E-state index contributed by atoms with van der Waals surface area (Å²) >= 11 is 5.75. The molecule has 1 aromatic carbocycles. The molecule has 2 aliphatic heterocycles. The first kappa shape index (κ1) is 16.8. The van der Waals surface area contributed by atoms with Gasteiger partial charge in [0.15, 0.2) is 11.4 Å². The molecule has 134 valence electrons. The Morgan fingerprint density at radius 3 is 2.73 bits per heavy atom. The van der Waals surface area contributed by atoms with Crippen molar-refractivity contribution in [1.29, 1.82) is 0 Å². The van der Waals surface area contributed by atoms with Crippen molar-refractivity contribution in [2.24, 2.45) is 0 Å². The largest absolute Gasteiger partial charge is 0.477 e. The van der Waals surface area contributed by atoms with E-state index in [1.807, 2.05) is 6.07 Å². The number of halogens is 1. The predicted octanol–water partition coefficient (Wildman–Crippen LogP) is 3.13. The van der Waals surface area contributed by atoms with Crippen molar-refractivity contribution < 1.29 is 19.4 Å². The molecule has 7 nitrogen and oxygen atoms in total. The number of carboxylic acid groups (broad SMARTS) is 1. The summed E-state index contributed by atoms with van der Waals surface area (Å²) in [6.45, 7) is 1.95. The summed E-state index contributed by atoms with van der Waals surface area (Å²) in [6, 6.07) is 3.02. The fraction of sp³-hybridized carbons (Fsp3) is 0.333. The first-order valence-electron chi connectivity index (χ1n) is 8.41. The monoisotopic (exact) mass is 373 g/mol. The van der Waals surface area contributed by atoms with E-state index < -0.39 is 5.97 Å². The average molecular weight is 374 g/mol. The normalized spacial score (nSPS) is 15.3. The van der Waals surface area contributed by atoms with Crippen molar-refractivity contribution in [3.8, 4) is 11.6 Å². The van der Waals surface area contributed by atoms with E-state index in [2.05, 4.69) is 15.1 Å². The van der Waals surface area contributed by atoms with Gasteiger partial charge in [0.25, 0.3) is 5.88 Å². The summed E-state index contributed by atoms with van der Waals surface area (Å²) in [6.07, 6.45) is 4.42. The van der Waals surface area contributed by atoms with Crippen LogP contribution in [-0.4, -0.2) is 40.6 Å². The van der Waals surface area contributed by atoms with Crippen LogP contribution in [-0.2, 0) is 12.8 Å². The average Bonchev–Trinajstić information content (AvgIpc) is 2.65. The van der Waals surface area contributed by atoms with Gasteiger partial charge in [-0.15, -0.1) is 10.2 Å². The van der Waals surface area contributed by atoms with Crippen LogP contribution in [0.5, 0.6) is 11.6 Å². The smallest absolute Gasteiger partial charge is 0.341 e. The minimum atomic E-state index is -1.22. The lowest BCUT2D eigenvalue weighted by Gasteiger charge is -2.37. The Bertz CT molecular complexity index is 914. The SMILES string of the molecule is O=Cc1cc2c3c(c1Oc1nnc(Cl)cc1C(=O)O)CCCN3CCC2. The number of aromatic carboxylic acids is 1. The minimum absolute atomic E-state index is 0.0386. The Kier molecular flexibility index (Phi) is 4.24. The van der Waals surface area contributed by atoms with Gasteiger partial charge in [0.1, 0.15) is 11.3 Å². The molecular formula is C18H16ClN3O4. The highest BCUT2D eigenvalue weighted by Crippen LogP contribution is 2.43. The van der Waals surface area contributed by atoms with E-state index in [1.165, 1.54) is 6.07 Å². The van der Waals surface area contributed by atoms with E-state index in [4.69, 9.17) is 16.3 Å². The summed E-state index contributed by atoms with van der Waals surface area (Å²) in [5.74, 6) is -1.03. The molecule has 0 atom stereocenters. The van der Waals surface area contributed by atoms with Crippen molar-refractivity contribution in [2.45, 2.75) is 25.7 Å². The number of nitrogens with zero attached hydrogens (tertiary/aromatic N) is 3. The lowest BCUT2D eigenvalue weighted by Crippen LogP contribution is -2.34. The van der Waals surface area contributed by atoms with E-state index in [9.17, 15) is 14.7 Å². The Morgan fingerprint density at radius 1 is 1.23 bits per heavy atom. The van der Waals surface area contributed by atoms with Crippen LogP contribution in [0, 0.1) is 0 Å². The van der Waals surface area contributed by atoms with E-state index in [1.54, 1.807) is 0 Å². The second-order valence-corrected chi connectivity index (χ2v) is 6.77. The summed E-state index contributed by atoms with van der Waals surface area (Å²) in [5.41, 5.74) is 3.39. The van der Waals surface area contributed by atoms with Gasteiger partial charge in [0.05, 0.1) is 5.56 Å². The van der Waals surface area contributed by atoms with E-state index in [0.29, 0.717) is 11.3 Å². The number of hydrogen-bond donors (Lipinski definition) is 1. The Labute approximate surface area is 154 Å². The van der Waals surface area contributed by atoms with Gasteiger partial charge < -0.3 is 14.7 Å². The molecule has 0 aliphatic carbocycles. The molecule has 0 amide bonds. The highest BCUT2D eigenvalue weighted by atomic mass is 35.5. The highest BCUT2D eigenvalue weighted by Gasteiger charge is 2.29. The number of carbonyl (C=O) groups is 2. The molecule has 3 heterocycles. The van der Waals surface area contributed by atoms with Crippen LogP contribution in [0.1, 0.15) is 44.7 Å². The van der Waals surface area contributed by atoms with Crippen LogP contribution < -0.4 is 9.64 Å². The molecule has 1 aromatic heterocycles. The molecule has 0 bridgehead atoms. The van der Waals surface area contributed by atoms with Crippen LogP contribution in [0.15, 0.2) is 12.1 Å². The van der Waals surface area contributed by atoms with Crippen LogP contribution in [0.4, 0.5) is 5.69 Å². The van der Waals surface area contributed by atoms with Crippen molar-refractivity contribution in [3.05, 3.63) is 39.5 Å². The lowest BCUT2D eigenvalue weighted by atomic mass is 9.89. The standard InChI is InChI=1S/C18H16ClN3O4/c19-14-8-13(18(24)25)17(21-20-14)26-16-11(9-23)7-10-3-1-5-22-6-2-4-12(16)15(10)22/h7-9H,1-6H2,(H,24,25). The molecule has 0 spiro atoms. The molecule has 26 heavy (non-hydrogen) atoms. The minimum Gasteiger partial charge on any atom is -0.477 e. The molecule has 0 fully saturated rings. The first-order chi connectivity index (χ1) is 12.6. The Morgan fingerprint density at radius 2 is 2.00 bits per heavy atom. The molecule has 8 heteroatoms. The zero-order valence-corrected chi connectivity index (χ0v) is 14.6. The van der Waals surface area contributed by atoms with Gasteiger partial charge in [-0.2, -0.15) is 0 Å². The fourth-order valence-corrected chi connectivity index (χ4v) is 3.89. The molecule has 0 saturated carbocycles. The zero-order chi connectivity index (χ0) is 18.3. The fourth-order valence-electron chi connectivity index (χ4n) is 3.75. The van der Waals surface area contributed by atoms with Gasteiger partial charge in [0, 0.05) is 24.3 Å². The number of carbonyl (C=O) groups excluding carboxylic acids is 1. The zero-order valence-electron chi connectivity index (χ0n) is 13.9. The number of benzene rings is 1. The molecule has 2 aromatic rings. The van der Waals surface area contributed by atoms with E-state index in [-0.39, 0.29) is 16.6 Å². The highest BCUT2D eigenvalue weighted by molar-refractivity contribution is 6.29. The Balaban J connectivity index is 1.86. The van der Waals surface area contributed by atoms with Crippen molar-refractivity contribution in [2.75, 3.05) is 18.0 Å². The van der Waals surface area contributed by atoms with Gasteiger partial charge in [-0.05, 0) is 43.4 Å². The van der Waals surface area contributed by atoms with Crippen LogP contribution in [0.3, 0.4) is 0 Å². The molecule has 2 aliphatic rings. The Hall–Kier alpha value is -2.67. The van der Waals surface area contributed by atoms with E-state index >= 15 is 0 Å². The summed E-state index contributed by atoms with van der Waals surface area (Å²) < 4.78 is 5.85. The number of rotatable bonds is 4. The molecule has 0 unspecified atom stereocenters. The quantitative estimate of drug-likeness (QED) is 0.823. The second kappa shape index (κ2) is 6.57. The number of aromatic nitrogens is 2. The molecule has 0 saturated heterocycles. The van der Waals surface area contributed by atoms with Crippen molar-refractivity contribution in [3.63, 3.8) is 0 Å². The lowest BCUT2D eigenvalue weighted by molar-refractivity contribution is 0.0693. The van der Waals surface area contributed by atoms with Crippen molar-refractivity contribution in [1.82, 2.24) is 10.2 Å². The van der Waals surface area contributed by atoms with Gasteiger partial charge in [0.2, 0.25) is 0 Å². The molecule has 1 N–H and O–H groups in total. The summed E-state index contributed by atoms with van der Waals surface area (Å²) in [7, 11) is 0. The third kappa shape index (κ3) is 2.78. The third-order valence-electron chi connectivity index (χ3n) is 4.79. The van der Waals surface area contributed by atoms with Gasteiger partial charge in [-0.3, -0.25) is 4.79 Å². The molecule has 0 radical (unpaired) electrons. The summed E-state index contributed by atoms with van der Waals surface area (Å²) in [4.78, 5) is 25.5. The van der Waals surface area contributed by atoms with Gasteiger partial charge in [-0.25, -0.2) is 4.79 Å². The molecular weight excluding hydrogens is 358 g/mol. The maximum absolute atomic E-state index is 11.7. The van der Waals surface area contributed by atoms with Crippen LogP contribution >= 0.6 is 11.6 Å². The number of carboxylic acids is 1. The number of ether oxygens (including phenoxy) is 1. The maximum Gasteiger partial charge on any atom is 0.341 e. The second-order valence-electron chi connectivity index (χ2n) is 6.39. The van der Waals surface area contributed by atoms with Crippen LogP contribution in [0.2, 0.25) is 5.15 Å². The predicted molar refractivity (Wildman–Crippen MR) is 94.8 cm³/mol. The van der Waals surface area contributed by atoms with Crippen LogP contribution in [0.25, 0.3) is 0 Å². The van der Waals surface area contributed by atoms with Crippen molar-refractivity contribution >= 4 is 29.5 Å². The first-order valence-corrected chi connectivity index (χ1v) is 8.79. The number of anilines is 1. The third-order valence-corrected chi connectivity index (χ3v) is 4.97. The maximum atomic E-state index is 11.7. The summed E-state index contributed by atoms with van der Waals surface area (Å²) in [5, 5.41) is 16.8. The molecule has 4 rings (SSSR count).